The van der Waals surface area contributed by atoms with Crippen LogP contribution in [-0.2, 0) is 6.54 Å². The summed E-state index contributed by atoms with van der Waals surface area (Å²) in [5, 5.41) is 3.19. The highest BCUT2D eigenvalue weighted by atomic mass is 19.1. The molecule has 2 heteroatoms. The minimum Gasteiger partial charge on any atom is -0.313 e. The minimum atomic E-state index is -0.235. The molecule has 1 aromatic carbocycles. The number of alkyl halides is 1. The molecule has 0 radical (unpaired) electrons. The Labute approximate surface area is 79.0 Å². The molecule has 0 bridgehead atoms. The van der Waals surface area contributed by atoms with Gasteiger partial charge in [0.2, 0.25) is 0 Å². The van der Waals surface area contributed by atoms with Gasteiger partial charge in [-0.05, 0) is 25.5 Å². The Bertz CT molecular complexity index is 248. The molecule has 1 N–H and O–H groups in total. The number of halogens is 1. The summed E-state index contributed by atoms with van der Waals surface area (Å²) in [7, 11) is 0. The Kier molecular flexibility index (Phi) is 4.47. The van der Waals surface area contributed by atoms with Crippen LogP contribution in [0.15, 0.2) is 24.3 Å². The van der Waals surface area contributed by atoms with Crippen LogP contribution in [0.2, 0.25) is 0 Å². The van der Waals surface area contributed by atoms with E-state index < -0.39 is 0 Å². The molecule has 0 aliphatic carbocycles. The third-order valence-corrected chi connectivity index (χ3v) is 1.90. The van der Waals surface area contributed by atoms with Gasteiger partial charge in [-0.15, -0.1) is 0 Å². The molecule has 0 aromatic heterocycles. The summed E-state index contributed by atoms with van der Waals surface area (Å²) in [6.45, 7) is 3.43. The van der Waals surface area contributed by atoms with Crippen LogP contribution in [0.5, 0.6) is 0 Å². The summed E-state index contributed by atoms with van der Waals surface area (Å²) in [6, 6.07) is 8.34. The van der Waals surface area contributed by atoms with Gasteiger partial charge in [0.1, 0.15) is 0 Å². The summed E-state index contributed by atoms with van der Waals surface area (Å²) < 4.78 is 11.7. The number of aryl methyl sites for hydroxylation is 1. The smallest absolute Gasteiger partial charge is 0.0906 e. The zero-order valence-electron chi connectivity index (χ0n) is 8.02. The van der Waals surface area contributed by atoms with Crippen LogP contribution in [-0.4, -0.2) is 13.2 Å². The molecule has 1 nitrogen and oxygen atoms in total. The summed E-state index contributed by atoms with van der Waals surface area (Å²) in [5.74, 6) is 0. The van der Waals surface area contributed by atoms with Crippen molar-refractivity contribution in [3.63, 3.8) is 0 Å². The molecule has 13 heavy (non-hydrogen) atoms. The predicted octanol–water partition coefficient (Wildman–Crippen LogP) is 2.44. The molecule has 1 rings (SSSR count). The van der Waals surface area contributed by atoms with E-state index in [2.05, 4.69) is 30.4 Å². The van der Waals surface area contributed by atoms with E-state index in [0.29, 0.717) is 6.42 Å². The zero-order chi connectivity index (χ0) is 9.52. The molecule has 0 spiro atoms. The van der Waals surface area contributed by atoms with E-state index in [9.17, 15) is 4.39 Å². The number of rotatable bonds is 5. The molecular weight excluding hydrogens is 165 g/mol. The van der Waals surface area contributed by atoms with Gasteiger partial charge >= 0.3 is 0 Å². The van der Waals surface area contributed by atoms with Gasteiger partial charge in [0.05, 0.1) is 6.67 Å². The van der Waals surface area contributed by atoms with Gasteiger partial charge < -0.3 is 5.32 Å². The Morgan fingerprint density at radius 3 is 2.92 bits per heavy atom. The molecule has 0 aliphatic rings. The Morgan fingerprint density at radius 1 is 1.38 bits per heavy atom. The molecule has 0 unspecified atom stereocenters. The van der Waals surface area contributed by atoms with Crippen molar-refractivity contribution in [1.29, 1.82) is 0 Å². The van der Waals surface area contributed by atoms with Crippen molar-refractivity contribution in [1.82, 2.24) is 5.32 Å². The van der Waals surface area contributed by atoms with Crippen molar-refractivity contribution in [3.05, 3.63) is 35.4 Å². The molecule has 0 saturated carbocycles. The van der Waals surface area contributed by atoms with Gasteiger partial charge in [-0.25, -0.2) is 0 Å². The average molecular weight is 181 g/mol. The standard InChI is InChI=1S/C11H16FN/c1-10-4-2-5-11(8-10)9-13-7-3-6-12/h2,4-5,8,13H,3,6-7,9H2,1H3. The number of hydrogen-bond acceptors (Lipinski definition) is 1. The predicted molar refractivity (Wildman–Crippen MR) is 53.5 cm³/mol. The molecular formula is C11H16FN. The highest BCUT2D eigenvalue weighted by Crippen LogP contribution is 2.02. The second-order valence-corrected chi connectivity index (χ2v) is 3.21. The quantitative estimate of drug-likeness (QED) is 0.688. The van der Waals surface area contributed by atoms with Crippen LogP contribution in [0, 0.1) is 6.92 Å². The van der Waals surface area contributed by atoms with Gasteiger partial charge in [0.15, 0.2) is 0 Å². The molecule has 0 heterocycles. The SMILES string of the molecule is Cc1cccc(CNCCCF)c1. The van der Waals surface area contributed by atoms with Crippen LogP contribution in [0.3, 0.4) is 0 Å². The van der Waals surface area contributed by atoms with E-state index in [0.717, 1.165) is 13.1 Å². The van der Waals surface area contributed by atoms with Gasteiger partial charge in [0.25, 0.3) is 0 Å². The summed E-state index contributed by atoms with van der Waals surface area (Å²) in [5.41, 5.74) is 2.53. The van der Waals surface area contributed by atoms with Crippen molar-refractivity contribution in [2.75, 3.05) is 13.2 Å². The Hall–Kier alpha value is -0.890. The molecule has 0 aliphatic heterocycles. The van der Waals surface area contributed by atoms with E-state index >= 15 is 0 Å². The first-order valence-electron chi connectivity index (χ1n) is 4.65. The van der Waals surface area contributed by atoms with E-state index in [-0.39, 0.29) is 6.67 Å². The van der Waals surface area contributed by atoms with Crippen molar-refractivity contribution >= 4 is 0 Å². The first-order chi connectivity index (χ1) is 6.33. The van der Waals surface area contributed by atoms with Crippen LogP contribution in [0.4, 0.5) is 4.39 Å². The lowest BCUT2D eigenvalue weighted by molar-refractivity contribution is 0.459. The van der Waals surface area contributed by atoms with Crippen LogP contribution < -0.4 is 5.32 Å². The maximum Gasteiger partial charge on any atom is 0.0906 e. The van der Waals surface area contributed by atoms with Gasteiger partial charge in [-0.3, -0.25) is 4.39 Å². The first kappa shape index (κ1) is 10.2. The Balaban J connectivity index is 2.28. The molecule has 0 saturated heterocycles. The highest BCUT2D eigenvalue weighted by molar-refractivity contribution is 5.21. The second kappa shape index (κ2) is 5.70. The fraction of sp³-hybridized carbons (Fsp3) is 0.455. The lowest BCUT2D eigenvalue weighted by Crippen LogP contribution is -2.15. The molecule has 0 atom stereocenters. The first-order valence-corrected chi connectivity index (χ1v) is 4.65. The van der Waals surface area contributed by atoms with Crippen molar-refractivity contribution < 1.29 is 4.39 Å². The molecule has 1 aromatic rings. The van der Waals surface area contributed by atoms with Crippen molar-refractivity contribution in [3.8, 4) is 0 Å². The normalized spacial score (nSPS) is 10.3. The average Bonchev–Trinajstić information content (AvgIpc) is 2.13. The summed E-state index contributed by atoms with van der Waals surface area (Å²) in [6.07, 6.45) is 0.603. The van der Waals surface area contributed by atoms with Crippen LogP contribution >= 0.6 is 0 Å². The maximum atomic E-state index is 11.7. The van der Waals surface area contributed by atoms with Crippen LogP contribution in [0.1, 0.15) is 17.5 Å². The fourth-order valence-corrected chi connectivity index (χ4v) is 1.25. The van der Waals surface area contributed by atoms with Gasteiger partial charge in [-0.1, -0.05) is 29.8 Å². The highest BCUT2D eigenvalue weighted by Gasteiger charge is 1.92. The summed E-state index contributed by atoms with van der Waals surface area (Å²) in [4.78, 5) is 0. The molecule has 0 amide bonds. The van der Waals surface area contributed by atoms with E-state index in [1.165, 1.54) is 11.1 Å². The Morgan fingerprint density at radius 2 is 2.23 bits per heavy atom. The second-order valence-electron chi connectivity index (χ2n) is 3.21. The number of nitrogens with one attached hydrogen (secondary N) is 1. The number of benzene rings is 1. The molecule has 0 fully saturated rings. The summed E-state index contributed by atoms with van der Waals surface area (Å²) >= 11 is 0. The lowest BCUT2D eigenvalue weighted by Gasteiger charge is -2.03. The minimum absolute atomic E-state index is 0.235. The number of hydrogen-bond donors (Lipinski definition) is 1. The lowest BCUT2D eigenvalue weighted by atomic mass is 10.1. The van der Waals surface area contributed by atoms with E-state index in [1.807, 2.05) is 6.07 Å². The largest absolute Gasteiger partial charge is 0.313 e. The van der Waals surface area contributed by atoms with E-state index in [1.54, 1.807) is 0 Å². The van der Waals surface area contributed by atoms with Gasteiger partial charge in [0, 0.05) is 6.54 Å². The zero-order valence-corrected chi connectivity index (χ0v) is 8.02. The van der Waals surface area contributed by atoms with Crippen LogP contribution in [0.25, 0.3) is 0 Å². The van der Waals surface area contributed by atoms with Crippen molar-refractivity contribution in [2.24, 2.45) is 0 Å². The third kappa shape index (κ3) is 4.04. The molecule has 72 valence electrons. The van der Waals surface area contributed by atoms with Crippen molar-refractivity contribution in [2.45, 2.75) is 19.9 Å². The fourth-order valence-electron chi connectivity index (χ4n) is 1.25. The van der Waals surface area contributed by atoms with E-state index in [4.69, 9.17) is 0 Å². The monoisotopic (exact) mass is 181 g/mol. The maximum absolute atomic E-state index is 11.7. The third-order valence-electron chi connectivity index (χ3n) is 1.90. The topological polar surface area (TPSA) is 12.0 Å². The van der Waals surface area contributed by atoms with Gasteiger partial charge in [-0.2, -0.15) is 0 Å².